The van der Waals surface area contributed by atoms with E-state index in [0.717, 1.165) is 24.7 Å². The molecule has 0 heterocycles. The van der Waals surface area contributed by atoms with Crippen molar-refractivity contribution in [2.45, 2.75) is 113 Å². The summed E-state index contributed by atoms with van der Waals surface area (Å²) in [4.78, 5) is 13.0. The van der Waals surface area contributed by atoms with Crippen LogP contribution in [0.15, 0.2) is 11.6 Å². The third kappa shape index (κ3) is 2.39. The average molecular weight is 411 g/mol. The van der Waals surface area contributed by atoms with Gasteiger partial charge in [-0.05, 0) is 96.2 Å². The molecule has 5 rings (SSSR count). The maximum Gasteiger partial charge on any atom is 0.137 e. The summed E-state index contributed by atoms with van der Waals surface area (Å²) in [7, 11) is 0. The van der Waals surface area contributed by atoms with Crippen molar-refractivity contribution in [3.63, 3.8) is 0 Å². The van der Waals surface area contributed by atoms with Gasteiger partial charge in [-0.15, -0.1) is 0 Å². The van der Waals surface area contributed by atoms with E-state index in [1.807, 2.05) is 0 Å². The molecule has 0 N–H and O–H groups in total. The smallest absolute Gasteiger partial charge is 0.137 e. The topological polar surface area (TPSA) is 17.1 Å². The Kier molecular flexibility index (Phi) is 4.43. The lowest BCUT2D eigenvalue weighted by Crippen LogP contribution is -2.62. The fraction of sp³-hybridized carbons (Fsp3) is 0.897. The van der Waals surface area contributed by atoms with Gasteiger partial charge in [0.1, 0.15) is 5.78 Å². The molecule has 0 bridgehead atoms. The molecule has 1 nitrogen and oxygen atoms in total. The van der Waals surface area contributed by atoms with E-state index in [4.69, 9.17) is 0 Å². The SMILES string of the molecule is CCC1C(=O)CC2(C)CCC3(C)C(=CCC4C5(C)CCCC(C)(C)C5CCC43C)C12. The lowest BCUT2D eigenvalue weighted by atomic mass is 9.34. The summed E-state index contributed by atoms with van der Waals surface area (Å²) in [5.41, 5.74) is 3.60. The fourth-order valence-electron chi connectivity index (χ4n) is 10.7. The molecule has 0 aromatic heterocycles. The normalized spacial score (nSPS) is 54.5. The van der Waals surface area contributed by atoms with Gasteiger partial charge in [-0.3, -0.25) is 4.79 Å². The van der Waals surface area contributed by atoms with E-state index in [2.05, 4.69) is 54.5 Å². The minimum atomic E-state index is 0.222. The van der Waals surface area contributed by atoms with Crippen LogP contribution in [0.1, 0.15) is 113 Å². The van der Waals surface area contributed by atoms with Crippen LogP contribution in [0, 0.1) is 50.7 Å². The number of carbonyl (C=O) groups is 1. The van der Waals surface area contributed by atoms with Gasteiger partial charge in [-0.25, -0.2) is 0 Å². The van der Waals surface area contributed by atoms with Gasteiger partial charge in [0.25, 0.3) is 0 Å². The third-order valence-electron chi connectivity index (χ3n) is 12.4. The fourth-order valence-corrected chi connectivity index (χ4v) is 10.7. The molecule has 0 aromatic rings. The van der Waals surface area contributed by atoms with Gasteiger partial charge >= 0.3 is 0 Å². The van der Waals surface area contributed by atoms with Crippen LogP contribution < -0.4 is 0 Å². The van der Waals surface area contributed by atoms with E-state index in [1.54, 1.807) is 5.57 Å². The highest BCUT2D eigenvalue weighted by Gasteiger charge is 2.68. The second-order valence-corrected chi connectivity index (χ2v) is 13.9. The molecule has 4 fully saturated rings. The Labute approximate surface area is 185 Å². The van der Waals surface area contributed by atoms with E-state index in [-0.39, 0.29) is 16.7 Å². The van der Waals surface area contributed by atoms with Crippen LogP contribution in [0.2, 0.25) is 0 Å². The summed E-state index contributed by atoms with van der Waals surface area (Å²) in [6.07, 6.45) is 15.4. The number of rotatable bonds is 1. The van der Waals surface area contributed by atoms with Crippen LogP contribution in [-0.4, -0.2) is 5.78 Å². The van der Waals surface area contributed by atoms with Crippen molar-refractivity contribution in [2.24, 2.45) is 50.7 Å². The second kappa shape index (κ2) is 6.26. The van der Waals surface area contributed by atoms with Crippen LogP contribution in [0.5, 0.6) is 0 Å². The maximum absolute atomic E-state index is 13.0. The first kappa shape index (κ1) is 21.3. The summed E-state index contributed by atoms with van der Waals surface area (Å²) < 4.78 is 0. The molecule has 8 unspecified atom stereocenters. The van der Waals surface area contributed by atoms with Gasteiger partial charge in [-0.2, -0.15) is 0 Å². The van der Waals surface area contributed by atoms with Gasteiger partial charge < -0.3 is 0 Å². The number of hydrogen-bond acceptors (Lipinski definition) is 1. The number of ketones is 1. The molecular weight excluding hydrogens is 364 g/mol. The molecule has 5 aliphatic rings. The average Bonchev–Trinajstić information content (AvgIpc) is 2.91. The Bertz CT molecular complexity index is 790. The summed E-state index contributed by atoms with van der Waals surface area (Å²) in [5, 5.41) is 0. The van der Waals surface area contributed by atoms with Gasteiger partial charge in [0.05, 0.1) is 0 Å². The molecule has 30 heavy (non-hydrogen) atoms. The molecule has 0 saturated heterocycles. The Balaban J connectivity index is 1.61. The quantitative estimate of drug-likeness (QED) is 0.400. The first-order chi connectivity index (χ1) is 13.9. The van der Waals surface area contributed by atoms with E-state index in [9.17, 15) is 4.79 Å². The van der Waals surface area contributed by atoms with Crippen molar-refractivity contribution < 1.29 is 4.79 Å². The monoisotopic (exact) mass is 410 g/mol. The van der Waals surface area contributed by atoms with Crippen LogP contribution >= 0.6 is 0 Å². The molecule has 168 valence electrons. The van der Waals surface area contributed by atoms with Gasteiger partial charge in [-0.1, -0.05) is 66.5 Å². The largest absolute Gasteiger partial charge is 0.299 e. The predicted octanol–water partition coefficient (Wildman–Crippen LogP) is 7.99. The van der Waals surface area contributed by atoms with Crippen molar-refractivity contribution in [1.82, 2.24) is 0 Å². The highest BCUT2D eigenvalue weighted by Crippen LogP contribution is 2.75. The molecule has 5 aliphatic carbocycles. The minimum absolute atomic E-state index is 0.222. The zero-order chi connectivity index (χ0) is 21.7. The second-order valence-electron chi connectivity index (χ2n) is 13.9. The van der Waals surface area contributed by atoms with Gasteiger partial charge in [0.2, 0.25) is 0 Å². The van der Waals surface area contributed by atoms with Crippen LogP contribution in [0.4, 0.5) is 0 Å². The van der Waals surface area contributed by atoms with E-state index < -0.39 is 0 Å². The summed E-state index contributed by atoms with van der Waals surface area (Å²) in [6.45, 7) is 17.8. The summed E-state index contributed by atoms with van der Waals surface area (Å²) >= 11 is 0. The molecule has 0 aromatic carbocycles. The van der Waals surface area contributed by atoms with Crippen LogP contribution in [0.25, 0.3) is 0 Å². The molecule has 1 heteroatoms. The Morgan fingerprint density at radius 2 is 1.67 bits per heavy atom. The Morgan fingerprint density at radius 1 is 0.933 bits per heavy atom. The van der Waals surface area contributed by atoms with Crippen molar-refractivity contribution in [2.75, 3.05) is 0 Å². The molecule has 0 radical (unpaired) electrons. The lowest BCUT2D eigenvalue weighted by Gasteiger charge is -2.70. The first-order valence-corrected chi connectivity index (χ1v) is 13.2. The van der Waals surface area contributed by atoms with Crippen molar-refractivity contribution >= 4 is 5.78 Å². The number of Topliss-reactive ketones (excluding diaryl/α,β-unsaturated/α-hetero) is 1. The maximum atomic E-state index is 13.0. The zero-order valence-electron chi connectivity index (χ0n) is 20.9. The molecular formula is C29H46O. The number of allylic oxidation sites excluding steroid dienone is 2. The van der Waals surface area contributed by atoms with E-state index >= 15 is 0 Å². The summed E-state index contributed by atoms with van der Waals surface area (Å²) in [6, 6.07) is 0. The highest BCUT2D eigenvalue weighted by atomic mass is 16.1. The van der Waals surface area contributed by atoms with E-state index in [1.165, 1.54) is 51.4 Å². The summed E-state index contributed by atoms with van der Waals surface area (Å²) in [5.74, 6) is 3.04. The lowest BCUT2D eigenvalue weighted by molar-refractivity contribution is -0.176. The predicted molar refractivity (Wildman–Crippen MR) is 125 cm³/mol. The van der Waals surface area contributed by atoms with Crippen LogP contribution in [0.3, 0.4) is 0 Å². The highest BCUT2D eigenvalue weighted by molar-refractivity contribution is 5.85. The standard InChI is InChI=1S/C29H46O/c1-8-19-21(30)18-26(4)16-17-28(6)20(24(19)26)10-11-23-27(5)14-9-13-25(2,3)22(27)12-15-29(23,28)7/h10,19,22-24H,8-9,11-18H2,1-7H3. The van der Waals surface area contributed by atoms with Gasteiger partial charge in [0, 0.05) is 12.3 Å². The molecule has 8 atom stereocenters. The molecule has 4 saturated carbocycles. The number of hydrogen-bond donors (Lipinski definition) is 0. The first-order valence-electron chi connectivity index (χ1n) is 13.2. The van der Waals surface area contributed by atoms with Crippen molar-refractivity contribution in [1.29, 1.82) is 0 Å². The Hall–Kier alpha value is -0.590. The van der Waals surface area contributed by atoms with Crippen LogP contribution in [-0.2, 0) is 4.79 Å². The minimum Gasteiger partial charge on any atom is -0.299 e. The van der Waals surface area contributed by atoms with Gasteiger partial charge in [0.15, 0.2) is 0 Å². The number of carbonyl (C=O) groups excluding carboxylic acids is 1. The molecule has 0 amide bonds. The van der Waals surface area contributed by atoms with Crippen molar-refractivity contribution in [3.05, 3.63) is 11.6 Å². The number of fused-ring (bicyclic) bond motifs is 7. The third-order valence-corrected chi connectivity index (χ3v) is 12.4. The Morgan fingerprint density at radius 3 is 2.37 bits per heavy atom. The zero-order valence-corrected chi connectivity index (χ0v) is 20.9. The van der Waals surface area contributed by atoms with Crippen molar-refractivity contribution in [3.8, 4) is 0 Å². The molecule has 0 aliphatic heterocycles. The van der Waals surface area contributed by atoms with E-state index in [0.29, 0.717) is 27.9 Å². The molecule has 0 spiro atoms.